The van der Waals surface area contributed by atoms with E-state index in [0.717, 1.165) is 144 Å². The molecular formula is C101H87Cl3F8N20O12S5. The first-order valence-corrected chi connectivity index (χ1v) is 50.2. The largest absolute Gasteiger partial charge is 0.491 e. The van der Waals surface area contributed by atoms with Crippen LogP contribution in [0.15, 0.2) is 225 Å². The first-order valence-electron chi connectivity index (χ1n) is 45.1. The van der Waals surface area contributed by atoms with Crippen molar-refractivity contribution in [2.24, 2.45) is 0 Å². The number of hydrogen-bond donors (Lipinski definition) is 8. The number of halogens is 11. The van der Waals surface area contributed by atoms with Crippen LogP contribution in [0, 0.1) is 6.92 Å². The number of anilines is 6. The second-order valence-electron chi connectivity index (χ2n) is 33.7. The molecular weight excluding hydrogens is 2100 g/mol. The monoisotopic (exact) mass is 2190 g/mol. The number of nitrogens with one attached hydrogen (secondary N) is 8. The Hall–Kier alpha value is -15.1. The predicted octanol–water partition coefficient (Wildman–Crippen LogP) is 22.9. The maximum absolute atomic E-state index is 13.5. The maximum Gasteiger partial charge on any atom is 0.417 e. The number of Topliss-reactive ketones (excluding diaryl/α,β-unsaturated/α-hetero) is 2. The standard InChI is InChI=1S/C21H19F2N5O2S.C20H16ClF2N5O2S.C20H18ClN3O3S.C20H18ClN3O2S.C20H16F4N4O3S/c1-21(22,23)14-9-13(10-24-11-14)18(29)26-20-17(27-28-31-20)19(30)25-16-8-4-6-12-5-2-3-7-15(12)16;1-20(22,23)13-4-12(8-24-9-13)17(29)26-19-16(27-28-31-19)18(30)25-15-6-10-2-3-14(21)5-11(10)7-15;1-12(2)27-16-8-6-15(7-9-16)23-19(26)17-20(28-11-22-17)24-18(25)13-4-3-5-14(21)10-13;1-12-6-8-14(9-7-12)13(2)10-17(25)18-20(27-24-23-18)22-19(26)15-4-3-5-16(21)11-15;1-11(21)31-15-5-2-12(3-6-15)4-7-16(29)17-19(32-28-27-17)26-18(30)13-8-14(10-25-9-13)20(22,23)24/h2-3,5,7,9-11,16H,4,6,8H2,1H3,(H,25,30)(H,26,29);2-5,8-9,15H,6-7H2,1H3,(H,25,30)(H,26,29);3-12H,1-2H3,(H,23,26)(H,24,25);3-9,11,13H,10H2,1-2H3,(H,22,26);2-3,5-6,8-11H,4,7H2,1H3,(H,26,30)/t;15-;;;/m.0.../s1. The molecule has 48 heteroatoms. The van der Waals surface area contributed by atoms with Gasteiger partial charge in [0.1, 0.15) is 36.5 Å². The number of pyridine rings is 3. The summed E-state index contributed by atoms with van der Waals surface area (Å²) in [5.74, 6) is -10.0. The molecule has 2 aliphatic rings. The number of carbonyl (C=O) groups is 10. The van der Waals surface area contributed by atoms with Gasteiger partial charge in [-0.3, -0.25) is 62.9 Å². The van der Waals surface area contributed by atoms with Crippen molar-refractivity contribution in [3.05, 3.63) is 352 Å². The van der Waals surface area contributed by atoms with Gasteiger partial charge in [0.05, 0.1) is 39.9 Å². The molecule has 0 bridgehead atoms. The van der Waals surface area contributed by atoms with Crippen molar-refractivity contribution >= 4 is 182 Å². The molecule has 8 heterocycles. The molecule has 0 fully saturated rings. The number of thiazole rings is 1. The SMILES string of the molecule is CC(C)Oc1ccc(NC(=O)c2ncsc2NC(=O)c2cccc(Cl)c2)cc1.CC(F)(F)c1cncc(C(=O)Nc2snnc2C(=O)NC2CCCc3ccccc32)c1.CC(F)(F)c1cncc(C(=O)Nc2snnc2C(=O)N[C@H]2Cc3ccc(Cl)cc3C2)c1.CC(F)Oc1ccc(CCC(=O)c2nnsc2NC(=O)c2cncc(C(F)(F)F)c2)cc1.Cc1ccc(C(C)CC(=O)c2nnsc2NC(=O)c2cccc(Cl)c2)cc1. The molecule has 8 amide bonds. The van der Waals surface area contributed by atoms with Crippen LogP contribution >= 0.6 is 92.3 Å². The second-order valence-corrected chi connectivity index (χ2v) is 38.9. The number of carbonyl (C=O) groups excluding carboxylic acids is 10. The number of hydrogen-bond acceptors (Lipinski definition) is 29. The molecule has 17 rings (SSSR count). The molecule has 0 saturated carbocycles. The third kappa shape index (κ3) is 31.7. The summed E-state index contributed by atoms with van der Waals surface area (Å²) in [4.78, 5) is 140. The van der Waals surface area contributed by atoms with Crippen LogP contribution in [0.3, 0.4) is 0 Å². The Kier molecular flexibility index (Phi) is 38.0. The van der Waals surface area contributed by atoms with E-state index >= 15 is 0 Å². The average Bonchev–Trinajstić information content (AvgIpc) is 1.70. The third-order valence-corrected chi connectivity index (χ3v) is 26.0. The fraction of sp³-hybridized carbons (Fsp3) is 0.228. The van der Waals surface area contributed by atoms with E-state index in [1.165, 1.54) is 47.3 Å². The lowest BCUT2D eigenvalue weighted by molar-refractivity contribution is -0.137. The molecule has 0 aliphatic heterocycles. The third-order valence-electron chi connectivity index (χ3n) is 21.9. The number of amides is 8. The fourth-order valence-corrected chi connectivity index (χ4v) is 18.1. The van der Waals surface area contributed by atoms with Gasteiger partial charge in [-0.2, -0.15) is 13.2 Å². The summed E-state index contributed by atoms with van der Waals surface area (Å²) in [6.07, 6.45) is 4.58. The van der Waals surface area contributed by atoms with Gasteiger partial charge in [0.15, 0.2) is 40.0 Å². The molecule has 770 valence electrons. The van der Waals surface area contributed by atoms with E-state index in [9.17, 15) is 83.1 Å². The van der Waals surface area contributed by atoms with Crippen LogP contribution in [0.25, 0.3) is 0 Å². The molecule has 3 unspecified atom stereocenters. The van der Waals surface area contributed by atoms with Gasteiger partial charge in [0, 0.05) is 166 Å². The van der Waals surface area contributed by atoms with Crippen LogP contribution in [-0.4, -0.2) is 136 Å². The van der Waals surface area contributed by atoms with Gasteiger partial charge in [-0.15, -0.1) is 31.7 Å². The normalized spacial score (nSPS) is 13.3. The molecule has 8 N–H and O–H groups in total. The molecule has 15 aromatic rings. The van der Waals surface area contributed by atoms with E-state index in [1.807, 2.05) is 88.4 Å². The van der Waals surface area contributed by atoms with Crippen LogP contribution in [0.2, 0.25) is 15.1 Å². The van der Waals surface area contributed by atoms with Crippen molar-refractivity contribution in [1.29, 1.82) is 0 Å². The number of fused-ring (bicyclic) bond motifs is 2. The van der Waals surface area contributed by atoms with Gasteiger partial charge in [-0.1, -0.05) is 144 Å². The van der Waals surface area contributed by atoms with Crippen LogP contribution in [0.4, 0.5) is 65.8 Å². The number of nitrogens with zero attached hydrogens (tertiary/aromatic N) is 12. The molecule has 32 nitrogen and oxygen atoms in total. The number of rotatable bonds is 30. The Bertz CT molecular complexity index is 7340. The van der Waals surface area contributed by atoms with Crippen LogP contribution in [0.1, 0.15) is 239 Å². The number of benzene rings is 7. The van der Waals surface area contributed by atoms with Crippen molar-refractivity contribution in [1.82, 2.24) is 68.9 Å². The van der Waals surface area contributed by atoms with Crippen molar-refractivity contribution in [3.8, 4) is 11.5 Å². The van der Waals surface area contributed by atoms with Gasteiger partial charge in [-0.05, 0) is 202 Å². The number of aryl methyl sites for hydroxylation is 3. The lowest BCUT2D eigenvalue weighted by atomic mass is 9.88. The molecule has 4 atom stereocenters. The Balaban J connectivity index is 0.000000156. The lowest BCUT2D eigenvalue weighted by Gasteiger charge is -2.26. The van der Waals surface area contributed by atoms with Gasteiger partial charge in [0.2, 0.25) is 6.36 Å². The highest BCUT2D eigenvalue weighted by Crippen LogP contribution is 2.37. The van der Waals surface area contributed by atoms with E-state index in [0.29, 0.717) is 79.2 Å². The number of ether oxygens (including phenoxy) is 2. The molecule has 7 aromatic carbocycles. The highest BCUT2D eigenvalue weighted by molar-refractivity contribution is 7.14. The number of alkyl halides is 8. The van der Waals surface area contributed by atoms with E-state index in [2.05, 4.69) is 101 Å². The summed E-state index contributed by atoms with van der Waals surface area (Å²) in [6.45, 7) is 10.6. The fourth-order valence-electron chi connectivity index (χ4n) is 14.6. The van der Waals surface area contributed by atoms with E-state index < -0.39 is 71.2 Å². The Morgan fingerprint density at radius 2 is 0.899 bits per heavy atom. The second kappa shape index (κ2) is 51.0. The van der Waals surface area contributed by atoms with Crippen LogP contribution < -0.4 is 52.0 Å². The zero-order valence-electron chi connectivity index (χ0n) is 79.4. The van der Waals surface area contributed by atoms with Gasteiger partial charge < -0.3 is 52.0 Å². The molecule has 149 heavy (non-hydrogen) atoms. The summed E-state index contributed by atoms with van der Waals surface area (Å²) in [6, 6.07) is 50.9. The van der Waals surface area contributed by atoms with Gasteiger partial charge in [-0.25, -0.2) is 26.9 Å². The van der Waals surface area contributed by atoms with Crippen molar-refractivity contribution in [2.45, 2.75) is 148 Å². The number of ketones is 2. The quantitative estimate of drug-likeness (QED) is 0.0153. The van der Waals surface area contributed by atoms with E-state index in [4.69, 9.17) is 44.3 Å². The Morgan fingerprint density at radius 3 is 1.42 bits per heavy atom. The minimum absolute atomic E-state index is 0.0219. The van der Waals surface area contributed by atoms with Crippen LogP contribution in [0.5, 0.6) is 11.5 Å². The summed E-state index contributed by atoms with van der Waals surface area (Å²) in [5, 5.41) is 39.3. The van der Waals surface area contributed by atoms with Crippen molar-refractivity contribution in [2.75, 3.05) is 31.9 Å². The first kappa shape index (κ1) is 111. The lowest BCUT2D eigenvalue weighted by Crippen LogP contribution is -2.36. The molecule has 0 saturated heterocycles. The summed E-state index contributed by atoms with van der Waals surface area (Å²) in [7, 11) is 0. The molecule has 2 aliphatic carbocycles. The maximum atomic E-state index is 13.5. The Labute approximate surface area is 880 Å². The zero-order valence-corrected chi connectivity index (χ0v) is 85.7. The van der Waals surface area contributed by atoms with E-state index in [1.54, 1.807) is 103 Å². The summed E-state index contributed by atoms with van der Waals surface area (Å²) in [5.41, 5.74) is 8.30. The molecule has 0 spiro atoms. The topological polar surface area (TPSA) is 440 Å². The molecule has 8 aromatic heterocycles. The van der Waals surface area contributed by atoms with Crippen LogP contribution in [-0.2, 0) is 43.7 Å². The smallest absolute Gasteiger partial charge is 0.417 e. The Morgan fingerprint density at radius 1 is 0.436 bits per heavy atom. The predicted molar refractivity (Wildman–Crippen MR) is 550 cm³/mol. The molecule has 0 radical (unpaired) electrons. The average molecular weight is 2190 g/mol. The minimum Gasteiger partial charge on any atom is -0.491 e. The summed E-state index contributed by atoms with van der Waals surface area (Å²) < 4.78 is 131. The minimum atomic E-state index is -4.65. The highest BCUT2D eigenvalue weighted by atomic mass is 35.5. The highest BCUT2D eigenvalue weighted by Gasteiger charge is 2.35. The zero-order chi connectivity index (χ0) is 107. The van der Waals surface area contributed by atoms with Crippen molar-refractivity contribution < 1.29 is 92.5 Å². The van der Waals surface area contributed by atoms with Gasteiger partial charge >= 0.3 is 6.18 Å². The number of aromatic nitrogens is 12. The van der Waals surface area contributed by atoms with Gasteiger partial charge in [0.25, 0.3) is 59.1 Å². The van der Waals surface area contributed by atoms with E-state index in [-0.39, 0.29) is 126 Å². The van der Waals surface area contributed by atoms with Crippen molar-refractivity contribution in [3.63, 3.8) is 0 Å². The first-order chi connectivity index (χ1) is 71.0. The summed E-state index contributed by atoms with van der Waals surface area (Å²) >= 11 is 22.4.